The van der Waals surface area contributed by atoms with E-state index in [-0.39, 0.29) is 18.2 Å². The predicted molar refractivity (Wildman–Crippen MR) is 67.7 cm³/mol. The average molecular weight is 251 g/mol. The van der Waals surface area contributed by atoms with Crippen LogP contribution >= 0.6 is 0 Å². The highest BCUT2D eigenvalue weighted by Crippen LogP contribution is 2.11. The number of hydrogen-bond acceptors (Lipinski definition) is 4. The number of carbonyl (C=O) groups excluding carboxylic acids is 1. The summed E-state index contributed by atoms with van der Waals surface area (Å²) in [6, 6.07) is 7.62. The van der Waals surface area contributed by atoms with Crippen molar-refractivity contribution >= 4 is 11.7 Å². The molecule has 0 aliphatic heterocycles. The fourth-order valence-electron chi connectivity index (χ4n) is 1.40. The molecule has 18 heavy (non-hydrogen) atoms. The number of oxime groups is 1. The smallest absolute Gasteiger partial charge is 0.227 e. The summed E-state index contributed by atoms with van der Waals surface area (Å²) < 4.78 is 5.05. The summed E-state index contributed by atoms with van der Waals surface area (Å²) >= 11 is 0. The van der Waals surface area contributed by atoms with E-state index in [2.05, 4.69) is 10.5 Å². The SMILES string of the molecule is COc1ccc(CCNC(=O)CC(N)=NO)cc1. The molecule has 0 aliphatic rings. The van der Waals surface area contributed by atoms with Crippen molar-refractivity contribution in [2.24, 2.45) is 10.9 Å². The number of rotatable bonds is 6. The minimum atomic E-state index is -0.265. The summed E-state index contributed by atoms with van der Waals surface area (Å²) in [6.45, 7) is 0.504. The van der Waals surface area contributed by atoms with E-state index in [1.165, 1.54) is 0 Å². The number of methoxy groups -OCH3 is 1. The minimum absolute atomic E-state index is 0.0981. The number of amidine groups is 1. The lowest BCUT2D eigenvalue weighted by molar-refractivity contribution is -0.119. The molecule has 0 aliphatic carbocycles. The number of nitrogens with zero attached hydrogens (tertiary/aromatic N) is 1. The number of nitrogens with two attached hydrogens (primary N) is 1. The van der Waals surface area contributed by atoms with Crippen LogP contribution in [0, 0.1) is 0 Å². The molecular formula is C12H17N3O3. The van der Waals surface area contributed by atoms with Crippen molar-refractivity contribution in [3.63, 3.8) is 0 Å². The standard InChI is InChI=1S/C12H17N3O3/c1-18-10-4-2-9(3-5-10)6-7-14-12(16)8-11(13)15-17/h2-5,17H,6-8H2,1H3,(H2,13,15)(H,14,16). The Morgan fingerprint density at radius 2 is 2.11 bits per heavy atom. The van der Waals surface area contributed by atoms with E-state index < -0.39 is 0 Å². The molecule has 6 nitrogen and oxygen atoms in total. The van der Waals surface area contributed by atoms with Crippen LogP contribution in [0.4, 0.5) is 0 Å². The third-order valence-corrected chi connectivity index (χ3v) is 2.37. The molecule has 4 N–H and O–H groups in total. The van der Waals surface area contributed by atoms with Crippen LogP contribution in [-0.4, -0.2) is 30.6 Å². The lowest BCUT2D eigenvalue weighted by atomic mass is 10.1. The number of ether oxygens (including phenoxy) is 1. The molecule has 1 aromatic carbocycles. The minimum Gasteiger partial charge on any atom is -0.497 e. The van der Waals surface area contributed by atoms with Gasteiger partial charge in [0.25, 0.3) is 0 Å². The van der Waals surface area contributed by atoms with Crippen LogP contribution in [0.5, 0.6) is 5.75 Å². The summed E-state index contributed by atoms with van der Waals surface area (Å²) in [6.07, 6.45) is 0.616. The average Bonchev–Trinajstić information content (AvgIpc) is 2.39. The van der Waals surface area contributed by atoms with Crippen molar-refractivity contribution in [2.75, 3.05) is 13.7 Å². The van der Waals surface area contributed by atoms with Gasteiger partial charge in [-0.3, -0.25) is 4.79 Å². The van der Waals surface area contributed by atoms with Gasteiger partial charge >= 0.3 is 0 Å². The number of carbonyl (C=O) groups is 1. The molecule has 1 rings (SSSR count). The zero-order valence-electron chi connectivity index (χ0n) is 10.2. The van der Waals surface area contributed by atoms with Crippen LogP contribution in [0.3, 0.4) is 0 Å². The van der Waals surface area contributed by atoms with E-state index in [9.17, 15) is 4.79 Å². The first-order valence-corrected chi connectivity index (χ1v) is 5.51. The third-order valence-electron chi connectivity index (χ3n) is 2.37. The molecule has 0 bridgehead atoms. The van der Waals surface area contributed by atoms with Crippen molar-refractivity contribution < 1.29 is 14.7 Å². The highest BCUT2D eigenvalue weighted by Gasteiger charge is 2.04. The Morgan fingerprint density at radius 3 is 2.67 bits per heavy atom. The Balaban J connectivity index is 2.30. The normalized spacial score (nSPS) is 11.1. The summed E-state index contributed by atoms with van der Waals surface area (Å²) in [5.74, 6) is 0.436. The molecule has 0 heterocycles. The number of hydrogen-bond donors (Lipinski definition) is 3. The van der Waals surface area contributed by atoms with Gasteiger partial charge in [-0.1, -0.05) is 17.3 Å². The van der Waals surface area contributed by atoms with E-state index in [4.69, 9.17) is 15.7 Å². The van der Waals surface area contributed by atoms with Gasteiger partial charge in [-0.2, -0.15) is 0 Å². The van der Waals surface area contributed by atoms with E-state index >= 15 is 0 Å². The monoisotopic (exact) mass is 251 g/mol. The van der Waals surface area contributed by atoms with Crippen molar-refractivity contribution in [2.45, 2.75) is 12.8 Å². The van der Waals surface area contributed by atoms with Crippen LogP contribution in [0.25, 0.3) is 0 Å². The van der Waals surface area contributed by atoms with Gasteiger partial charge in [-0.15, -0.1) is 0 Å². The second-order valence-corrected chi connectivity index (χ2v) is 3.72. The maximum atomic E-state index is 11.3. The van der Waals surface area contributed by atoms with Gasteiger partial charge in [0.15, 0.2) is 0 Å². The molecule has 0 saturated carbocycles. The number of nitrogens with one attached hydrogen (secondary N) is 1. The molecule has 0 unspecified atom stereocenters. The quantitative estimate of drug-likeness (QED) is 0.297. The fourth-order valence-corrected chi connectivity index (χ4v) is 1.40. The molecule has 0 atom stereocenters. The first-order chi connectivity index (χ1) is 8.65. The summed E-state index contributed by atoms with van der Waals surface area (Å²) in [7, 11) is 1.61. The number of benzene rings is 1. The van der Waals surface area contributed by atoms with Crippen LogP contribution in [-0.2, 0) is 11.2 Å². The largest absolute Gasteiger partial charge is 0.497 e. The molecule has 1 aromatic rings. The molecule has 1 amide bonds. The zero-order valence-corrected chi connectivity index (χ0v) is 10.2. The third kappa shape index (κ3) is 4.73. The Bertz CT molecular complexity index is 415. The topological polar surface area (TPSA) is 96.9 Å². The number of amides is 1. The second-order valence-electron chi connectivity index (χ2n) is 3.72. The van der Waals surface area contributed by atoms with Crippen molar-refractivity contribution in [1.82, 2.24) is 5.32 Å². The first-order valence-electron chi connectivity index (χ1n) is 5.51. The summed E-state index contributed by atoms with van der Waals surface area (Å²) in [5.41, 5.74) is 6.31. The molecule has 0 fully saturated rings. The van der Waals surface area contributed by atoms with Crippen LogP contribution in [0.15, 0.2) is 29.4 Å². The molecule has 0 saturated heterocycles. The Hall–Kier alpha value is -2.24. The van der Waals surface area contributed by atoms with Gasteiger partial charge in [0.1, 0.15) is 11.6 Å². The molecule has 0 spiro atoms. The molecule has 0 aromatic heterocycles. The van der Waals surface area contributed by atoms with Gasteiger partial charge in [0.2, 0.25) is 5.91 Å². The Labute approximate surface area is 105 Å². The molecule has 98 valence electrons. The summed E-state index contributed by atoms with van der Waals surface area (Å²) in [4.78, 5) is 11.3. The maximum absolute atomic E-state index is 11.3. The predicted octanol–water partition coefficient (Wildman–Crippen LogP) is 0.490. The molecular weight excluding hydrogens is 234 g/mol. The zero-order chi connectivity index (χ0) is 13.4. The highest BCUT2D eigenvalue weighted by molar-refractivity contribution is 5.98. The van der Waals surface area contributed by atoms with Gasteiger partial charge in [0, 0.05) is 6.54 Å². The summed E-state index contributed by atoms with van der Waals surface area (Å²) in [5, 5.41) is 13.7. The van der Waals surface area contributed by atoms with Gasteiger partial charge in [-0.25, -0.2) is 0 Å². The molecule has 0 radical (unpaired) electrons. The van der Waals surface area contributed by atoms with Crippen LogP contribution < -0.4 is 15.8 Å². The van der Waals surface area contributed by atoms with Crippen LogP contribution in [0.1, 0.15) is 12.0 Å². The van der Waals surface area contributed by atoms with E-state index in [0.29, 0.717) is 13.0 Å². The first kappa shape index (κ1) is 13.8. The highest BCUT2D eigenvalue weighted by atomic mass is 16.5. The van der Waals surface area contributed by atoms with Crippen molar-refractivity contribution in [1.29, 1.82) is 0 Å². The van der Waals surface area contributed by atoms with Crippen molar-refractivity contribution in [3.05, 3.63) is 29.8 Å². The van der Waals surface area contributed by atoms with E-state index in [0.717, 1.165) is 11.3 Å². The van der Waals surface area contributed by atoms with Crippen LogP contribution in [0.2, 0.25) is 0 Å². The molecule has 6 heteroatoms. The second kappa shape index (κ2) is 7.16. The Morgan fingerprint density at radius 1 is 1.44 bits per heavy atom. The van der Waals surface area contributed by atoms with Gasteiger partial charge in [-0.05, 0) is 24.1 Å². The Kier molecular flexibility index (Phi) is 5.50. The van der Waals surface area contributed by atoms with E-state index in [1.807, 2.05) is 24.3 Å². The lowest BCUT2D eigenvalue weighted by Gasteiger charge is -2.05. The van der Waals surface area contributed by atoms with E-state index in [1.54, 1.807) is 7.11 Å². The maximum Gasteiger partial charge on any atom is 0.227 e. The fraction of sp³-hybridized carbons (Fsp3) is 0.333. The van der Waals surface area contributed by atoms with Gasteiger partial charge in [0.05, 0.1) is 13.5 Å². The van der Waals surface area contributed by atoms with Gasteiger partial charge < -0.3 is 21.0 Å². The lowest BCUT2D eigenvalue weighted by Crippen LogP contribution is -2.30. The van der Waals surface area contributed by atoms with Crippen molar-refractivity contribution in [3.8, 4) is 5.75 Å².